The van der Waals surface area contributed by atoms with Gasteiger partial charge in [-0.25, -0.2) is 0 Å². The van der Waals surface area contributed by atoms with Crippen LogP contribution in [0.1, 0.15) is 30.1 Å². The van der Waals surface area contributed by atoms with Crippen LogP contribution in [0, 0.1) is 6.92 Å². The second-order valence-corrected chi connectivity index (χ2v) is 3.30. The van der Waals surface area contributed by atoms with Crippen LogP contribution in [0.2, 0.25) is 0 Å². The normalized spacial score (nSPS) is 12.4. The highest BCUT2D eigenvalue weighted by molar-refractivity contribution is 5.66. The summed E-state index contributed by atoms with van der Waals surface area (Å²) in [6.07, 6.45) is 2.23. The van der Waals surface area contributed by atoms with Crippen molar-refractivity contribution in [2.24, 2.45) is 5.73 Å². The Kier molecular flexibility index (Phi) is 3.59. The van der Waals surface area contributed by atoms with E-state index in [1.165, 1.54) is 0 Å². The van der Waals surface area contributed by atoms with Crippen LogP contribution in [0.4, 0.5) is 0 Å². The molecule has 0 aliphatic carbocycles. The lowest BCUT2D eigenvalue weighted by Gasteiger charge is -2.09. The molecule has 4 heteroatoms. The minimum atomic E-state index is -0.826. The molecule has 1 rings (SSSR count). The molecular formula is C10H14N2O2. The van der Waals surface area contributed by atoms with Gasteiger partial charge < -0.3 is 10.8 Å². The van der Waals surface area contributed by atoms with Crippen molar-refractivity contribution in [3.63, 3.8) is 0 Å². The van der Waals surface area contributed by atoms with Crippen molar-refractivity contribution < 1.29 is 9.90 Å². The second-order valence-electron chi connectivity index (χ2n) is 3.30. The van der Waals surface area contributed by atoms with E-state index in [0.717, 1.165) is 11.3 Å². The average molecular weight is 194 g/mol. The maximum absolute atomic E-state index is 10.3. The molecule has 76 valence electrons. The SMILES string of the molecule is Cc1ccc(C(N)CCC(=O)O)nc1. The number of aliphatic carboxylic acids is 1. The summed E-state index contributed by atoms with van der Waals surface area (Å²) in [4.78, 5) is 14.5. The van der Waals surface area contributed by atoms with E-state index in [1.54, 1.807) is 6.20 Å². The van der Waals surface area contributed by atoms with Gasteiger partial charge in [-0.3, -0.25) is 9.78 Å². The summed E-state index contributed by atoms with van der Waals surface area (Å²) >= 11 is 0. The zero-order valence-electron chi connectivity index (χ0n) is 8.10. The van der Waals surface area contributed by atoms with Crippen molar-refractivity contribution in [2.75, 3.05) is 0 Å². The van der Waals surface area contributed by atoms with Crippen molar-refractivity contribution >= 4 is 5.97 Å². The number of carboxylic acids is 1. The van der Waals surface area contributed by atoms with Crippen molar-refractivity contribution in [1.29, 1.82) is 0 Å². The van der Waals surface area contributed by atoms with Crippen LogP contribution in [-0.4, -0.2) is 16.1 Å². The van der Waals surface area contributed by atoms with Gasteiger partial charge in [0.1, 0.15) is 0 Å². The summed E-state index contributed by atoms with van der Waals surface area (Å²) in [5.74, 6) is -0.826. The highest BCUT2D eigenvalue weighted by Crippen LogP contribution is 2.13. The van der Waals surface area contributed by atoms with Crippen molar-refractivity contribution in [3.05, 3.63) is 29.6 Å². The number of rotatable bonds is 4. The van der Waals surface area contributed by atoms with Crippen molar-refractivity contribution in [2.45, 2.75) is 25.8 Å². The monoisotopic (exact) mass is 194 g/mol. The Balaban J connectivity index is 2.56. The third-order valence-electron chi connectivity index (χ3n) is 1.98. The van der Waals surface area contributed by atoms with Crippen LogP contribution in [0.5, 0.6) is 0 Å². The van der Waals surface area contributed by atoms with E-state index in [1.807, 2.05) is 19.1 Å². The van der Waals surface area contributed by atoms with Crippen LogP contribution in [0.15, 0.2) is 18.3 Å². The number of nitrogens with two attached hydrogens (primary N) is 1. The smallest absolute Gasteiger partial charge is 0.303 e. The maximum atomic E-state index is 10.3. The Labute approximate surface area is 82.8 Å². The number of aryl methyl sites for hydroxylation is 1. The Morgan fingerprint density at radius 2 is 2.36 bits per heavy atom. The van der Waals surface area contributed by atoms with E-state index in [0.29, 0.717) is 6.42 Å². The minimum Gasteiger partial charge on any atom is -0.481 e. The third-order valence-corrected chi connectivity index (χ3v) is 1.98. The molecule has 4 nitrogen and oxygen atoms in total. The van der Waals surface area contributed by atoms with Gasteiger partial charge in [0.05, 0.1) is 5.69 Å². The van der Waals surface area contributed by atoms with Gasteiger partial charge in [-0.05, 0) is 25.0 Å². The van der Waals surface area contributed by atoms with Gasteiger partial charge in [0.25, 0.3) is 0 Å². The molecule has 0 aliphatic rings. The molecule has 0 saturated heterocycles. The lowest BCUT2D eigenvalue weighted by Crippen LogP contribution is -2.13. The number of pyridine rings is 1. The van der Waals surface area contributed by atoms with E-state index in [9.17, 15) is 4.79 Å². The summed E-state index contributed by atoms with van der Waals surface area (Å²) < 4.78 is 0. The number of nitrogens with zero attached hydrogens (tertiary/aromatic N) is 1. The maximum Gasteiger partial charge on any atom is 0.303 e. The van der Waals surface area contributed by atoms with Crippen LogP contribution < -0.4 is 5.73 Å². The highest BCUT2D eigenvalue weighted by Gasteiger charge is 2.08. The van der Waals surface area contributed by atoms with E-state index in [4.69, 9.17) is 10.8 Å². The van der Waals surface area contributed by atoms with Crippen LogP contribution in [-0.2, 0) is 4.79 Å². The number of hydrogen-bond donors (Lipinski definition) is 2. The van der Waals surface area contributed by atoms with Crippen LogP contribution >= 0.6 is 0 Å². The van der Waals surface area contributed by atoms with Gasteiger partial charge in [-0.2, -0.15) is 0 Å². The molecule has 0 bridgehead atoms. The zero-order valence-corrected chi connectivity index (χ0v) is 8.10. The second kappa shape index (κ2) is 4.72. The lowest BCUT2D eigenvalue weighted by molar-refractivity contribution is -0.137. The molecule has 1 unspecified atom stereocenters. The van der Waals surface area contributed by atoms with Crippen LogP contribution in [0.25, 0.3) is 0 Å². The molecule has 0 amide bonds. The molecular weight excluding hydrogens is 180 g/mol. The predicted molar refractivity (Wildman–Crippen MR) is 52.8 cm³/mol. The Morgan fingerprint density at radius 1 is 1.64 bits per heavy atom. The molecule has 1 aromatic rings. The van der Waals surface area contributed by atoms with E-state index < -0.39 is 5.97 Å². The number of carboxylic acid groups (broad SMARTS) is 1. The largest absolute Gasteiger partial charge is 0.481 e. The first-order valence-corrected chi connectivity index (χ1v) is 4.49. The van der Waals surface area contributed by atoms with Crippen LogP contribution in [0.3, 0.4) is 0 Å². The zero-order chi connectivity index (χ0) is 10.6. The van der Waals surface area contributed by atoms with Gasteiger partial charge in [0.15, 0.2) is 0 Å². The molecule has 14 heavy (non-hydrogen) atoms. The molecule has 0 saturated carbocycles. The first kappa shape index (κ1) is 10.7. The summed E-state index contributed by atoms with van der Waals surface area (Å²) in [5.41, 5.74) is 7.58. The molecule has 3 N–H and O–H groups in total. The summed E-state index contributed by atoms with van der Waals surface area (Å²) in [5, 5.41) is 8.48. The van der Waals surface area contributed by atoms with E-state index in [-0.39, 0.29) is 12.5 Å². The van der Waals surface area contributed by atoms with Gasteiger partial charge in [0, 0.05) is 18.7 Å². The first-order chi connectivity index (χ1) is 6.59. The van der Waals surface area contributed by atoms with Gasteiger partial charge in [-0.1, -0.05) is 6.07 Å². The topological polar surface area (TPSA) is 76.2 Å². The standard InChI is InChI=1S/C10H14N2O2/c1-7-2-4-9(12-6-7)8(11)3-5-10(13)14/h2,4,6,8H,3,5,11H2,1H3,(H,13,14). The fraction of sp³-hybridized carbons (Fsp3) is 0.400. The average Bonchev–Trinajstić information content (AvgIpc) is 2.15. The molecule has 0 spiro atoms. The first-order valence-electron chi connectivity index (χ1n) is 4.49. The molecule has 0 aromatic carbocycles. The Morgan fingerprint density at radius 3 is 2.86 bits per heavy atom. The van der Waals surface area contributed by atoms with E-state index >= 15 is 0 Å². The molecule has 0 radical (unpaired) electrons. The summed E-state index contributed by atoms with van der Waals surface area (Å²) in [7, 11) is 0. The minimum absolute atomic E-state index is 0.0801. The Bertz CT molecular complexity index is 308. The fourth-order valence-electron chi connectivity index (χ4n) is 1.13. The Hall–Kier alpha value is -1.42. The molecule has 0 aliphatic heterocycles. The third kappa shape index (κ3) is 3.14. The fourth-order valence-corrected chi connectivity index (χ4v) is 1.13. The quantitative estimate of drug-likeness (QED) is 0.756. The predicted octanol–water partition coefficient (Wildman–Crippen LogP) is 1.25. The van der Waals surface area contributed by atoms with Crippen molar-refractivity contribution in [3.8, 4) is 0 Å². The number of hydrogen-bond acceptors (Lipinski definition) is 3. The molecule has 1 heterocycles. The van der Waals surface area contributed by atoms with E-state index in [2.05, 4.69) is 4.98 Å². The van der Waals surface area contributed by atoms with Gasteiger partial charge in [0.2, 0.25) is 0 Å². The number of carbonyl (C=O) groups is 1. The molecule has 1 aromatic heterocycles. The van der Waals surface area contributed by atoms with Gasteiger partial charge in [-0.15, -0.1) is 0 Å². The van der Waals surface area contributed by atoms with Crippen molar-refractivity contribution in [1.82, 2.24) is 4.98 Å². The molecule has 1 atom stereocenters. The highest BCUT2D eigenvalue weighted by atomic mass is 16.4. The summed E-state index contributed by atoms with van der Waals surface area (Å²) in [6, 6.07) is 3.47. The lowest BCUT2D eigenvalue weighted by atomic mass is 10.1. The summed E-state index contributed by atoms with van der Waals surface area (Å²) in [6.45, 7) is 1.94. The molecule has 0 fully saturated rings. The van der Waals surface area contributed by atoms with Gasteiger partial charge >= 0.3 is 5.97 Å². The number of aromatic nitrogens is 1.